The van der Waals surface area contributed by atoms with Crippen molar-refractivity contribution in [2.24, 2.45) is 0 Å². The van der Waals surface area contributed by atoms with Gasteiger partial charge in [-0.15, -0.1) is 0 Å². The van der Waals surface area contributed by atoms with Crippen molar-refractivity contribution in [3.05, 3.63) is 205 Å². The van der Waals surface area contributed by atoms with Crippen molar-refractivity contribution in [2.75, 3.05) is 0 Å². The van der Waals surface area contributed by atoms with Gasteiger partial charge in [0.2, 0.25) is 0 Å². The summed E-state index contributed by atoms with van der Waals surface area (Å²) in [7, 11) is 0. The van der Waals surface area contributed by atoms with Crippen LogP contribution >= 0.6 is 0 Å². The van der Waals surface area contributed by atoms with Crippen LogP contribution in [0.15, 0.2) is 194 Å². The second-order valence-corrected chi connectivity index (χ2v) is 17.4. The Labute approximate surface area is 374 Å². The van der Waals surface area contributed by atoms with Crippen LogP contribution in [0, 0.1) is 0 Å². The Hall–Kier alpha value is -7.24. The predicted octanol–water partition coefficient (Wildman–Crippen LogP) is 14.6. The fourth-order valence-electron chi connectivity index (χ4n) is 10.5. The Balaban J connectivity index is 0.938. The molecule has 1 saturated carbocycles. The maximum absolute atomic E-state index is 12.5. The monoisotopic (exact) mass is 830 g/mol. The third-order valence-electron chi connectivity index (χ3n) is 13.6. The lowest BCUT2D eigenvalue weighted by Crippen LogP contribution is -2.49. The number of phenolic OH excluding ortho intramolecular Hbond substituents is 2. The van der Waals surface area contributed by atoms with E-state index in [1.54, 1.807) is 0 Å². The molecule has 0 bridgehead atoms. The molecule has 0 saturated heterocycles. The van der Waals surface area contributed by atoms with Crippen LogP contribution in [0.2, 0.25) is 0 Å². The van der Waals surface area contributed by atoms with Gasteiger partial charge in [-0.2, -0.15) is 0 Å². The number of fused-ring (bicyclic) bond motifs is 4. The van der Waals surface area contributed by atoms with Gasteiger partial charge >= 0.3 is 0 Å². The second-order valence-electron chi connectivity index (χ2n) is 17.4. The summed E-state index contributed by atoms with van der Waals surface area (Å²) in [6.45, 7) is 1.04. The Morgan fingerprint density at radius 3 is 1.11 bits per heavy atom. The lowest BCUT2D eigenvalue weighted by atomic mass is 9.85. The number of benzene rings is 10. The van der Waals surface area contributed by atoms with Gasteiger partial charge < -0.3 is 20.8 Å². The van der Waals surface area contributed by atoms with Gasteiger partial charge in [-0.25, -0.2) is 0 Å². The maximum atomic E-state index is 12.5. The number of hydrogen-bond acceptors (Lipinski definition) is 4. The Morgan fingerprint density at radius 2 is 0.703 bits per heavy atom. The maximum Gasteiger partial charge on any atom is 0.128 e. The largest absolute Gasteiger partial charge is 0.507 e. The molecule has 10 aromatic rings. The van der Waals surface area contributed by atoms with Crippen LogP contribution < -0.4 is 10.6 Å². The quantitative estimate of drug-likeness (QED) is 0.111. The molecular weight excluding hydrogens is 781 g/mol. The first kappa shape index (κ1) is 39.6. The summed E-state index contributed by atoms with van der Waals surface area (Å²) in [6.07, 6.45) is 4.31. The summed E-state index contributed by atoms with van der Waals surface area (Å²) in [4.78, 5) is 0. The van der Waals surface area contributed by atoms with Gasteiger partial charge in [0.1, 0.15) is 11.5 Å². The Kier molecular flexibility index (Phi) is 10.6. The number of rotatable bonds is 10. The van der Waals surface area contributed by atoms with E-state index < -0.39 is 0 Å². The minimum absolute atomic E-state index is 0.172. The Bertz CT molecular complexity index is 3100. The average Bonchev–Trinajstić information content (AvgIpc) is 3.35. The van der Waals surface area contributed by atoms with Crippen molar-refractivity contribution in [1.29, 1.82) is 0 Å². The second kappa shape index (κ2) is 17.1. The van der Waals surface area contributed by atoms with Crippen LogP contribution in [0.5, 0.6) is 11.5 Å². The van der Waals surface area contributed by atoms with Gasteiger partial charge in [-0.05, 0) is 90.3 Å². The van der Waals surface area contributed by atoms with Gasteiger partial charge in [0.25, 0.3) is 0 Å². The van der Waals surface area contributed by atoms with Gasteiger partial charge in [-0.1, -0.05) is 195 Å². The molecule has 11 rings (SSSR count). The van der Waals surface area contributed by atoms with Gasteiger partial charge in [0.15, 0.2) is 0 Å². The van der Waals surface area contributed by atoms with E-state index in [4.69, 9.17) is 0 Å². The molecule has 64 heavy (non-hydrogen) atoms. The highest BCUT2D eigenvalue weighted by molar-refractivity contribution is 6.14. The van der Waals surface area contributed by atoms with E-state index in [2.05, 4.69) is 193 Å². The van der Waals surface area contributed by atoms with Gasteiger partial charge in [0, 0.05) is 58.6 Å². The summed E-state index contributed by atoms with van der Waals surface area (Å²) >= 11 is 0. The minimum atomic E-state index is 0.172. The van der Waals surface area contributed by atoms with E-state index in [1.165, 1.54) is 0 Å². The lowest BCUT2D eigenvalue weighted by molar-refractivity contribution is 0.279. The Morgan fingerprint density at radius 1 is 0.359 bits per heavy atom. The van der Waals surface area contributed by atoms with E-state index in [9.17, 15) is 10.2 Å². The average molecular weight is 831 g/mol. The number of phenols is 2. The molecule has 10 aromatic carbocycles. The first-order valence-electron chi connectivity index (χ1n) is 22.7. The SMILES string of the molecule is Oc1c(CN[C@H]2CCCC[C@@H]2NCc2cc3ccccc3c(-c3c(-c4ccccc4)ccc4ccccc34)c2O)cc2ccccc2c1-c1c(-c2ccccc2)ccc2ccccc12. The van der Waals surface area contributed by atoms with Crippen LogP contribution in [-0.2, 0) is 13.1 Å². The molecule has 1 fully saturated rings. The van der Waals surface area contributed by atoms with E-state index in [0.29, 0.717) is 24.6 Å². The van der Waals surface area contributed by atoms with Crippen LogP contribution in [0.4, 0.5) is 0 Å². The van der Waals surface area contributed by atoms with Crippen molar-refractivity contribution >= 4 is 43.1 Å². The molecule has 0 heterocycles. The minimum Gasteiger partial charge on any atom is -0.507 e. The van der Waals surface area contributed by atoms with Crippen LogP contribution in [0.1, 0.15) is 36.8 Å². The van der Waals surface area contributed by atoms with Crippen LogP contribution in [0.3, 0.4) is 0 Å². The summed E-state index contributed by atoms with van der Waals surface area (Å²) in [6, 6.07) is 68.3. The summed E-state index contributed by atoms with van der Waals surface area (Å²) in [5.74, 6) is 0.633. The van der Waals surface area contributed by atoms with Crippen molar-refractivity contribution in [1.82, 2.24) is 10.6 Å². The normalized spacial score (nSPS) is 15.3. The van der Waals surface area contributed by atoms with E-state index in [1.807, 2.05) is 12.1 Å². The first-order chi connectivity index (χ1) is 31.6. The summed E-state index contributed by atoms with van der Waals surface area (Å²) in [5.41, 5.74) is 10.0. The highest BCUT2D eigenvalue weighted by Gasteiger charge is 2.27. The third kappa shape index (κ3) is 7.25. The molecule has 312 valence electrons. The van der Waals surface area contributed by atoms with Crippen LogP contribution in [0.25, 0.3) is 87.6 Å². The van der Waals surface area contributed by atoms with E-state index in [0.717, 1.165) is 124 Å². The standard InChI is InChI=1S/C60H50N2O2/c63-59-45(35-43-23-9-13-27-49(43)57(59)55-47-25-11-7-21-41(47)31-33-51(55)39-17-3-1-4-18-39)37-61-53-29-15-16-30-54(53)62-38-46-36-44-24-10-14-28-50(44)58(60(46)64)56-48-26-12-8-22-42(48)32-34-52(56)40-19-5-2-6-20-40/h1-14,17-28,31-36,53-54,61-64H,15-16,29-30,37-38H2/t53-,54-/m0/s1. The highest BCUT2D eigenvalue weighted by atomic mass is 16.3. The third-order valence-corrected chi connectivity index (χ3v) is 13.6. The fraction of sp³-hybridized carbons (Fsp3) is 0.133. The first-order valence-corrected chi connectivity index (χ1v) is 22.7. The van der Waals surface area contributed by atoms with Gasteiger partial charge in [-0.3, -0.25) is 0 Å². The molecule has 0 amide bonds. The van der Waals surface area contributed by atoms with E-state index >= 15 is 0 Å². The van der Waals surface area contributed by atoms with Crippen molar-refractivity contribution in [3.8, 4) is 56.0 Å². The number of hydrogen-bond donors (Lipinski definition) is 4. The zero-order valence-corrected chi connectivity index (χ0v) is 35.8. The number of nitrogens with one attached hydrogen (secondary N) is 2. The lowest BCUT2D eigenvalue weighted by Gasteiger charge is -2.33. The number of aromatic hydroxyl groups is 2. The van der Waals surface area contributed by atoms with Crippen molar-refractivity contribution in [2.45, 2.75) is 50.9 Å². The van der Waals surface area contributed by atoms with Crippen LogP contribution in [-0.4, -0.2) is 22.3 Å². The molecule has 4 nitrogen and oxygen atoms in total. The predicted molar refractivity (Wildman–Crippen MR) is 268 cm³/mol. The molecule has 1 aliphatic carbocycles. The summed E-state index contributed by atoms with van der Waals surface area (Å²) in [5, 5.41) is 41.7. The molecule has 0 aliphatic heterocycles. The molecule has 0 spiro atoms. The summed E-state index contributed by atoms with van der Waals surface area (Å²) < 4.78 is 0. The molecule has 4 N–H and O–H groups in total. The van der Waals surface area contributed by atoms with Crippen molar-refractivity contribution in [3.63, 3.8) is 0 Å². The van der Waals surface area contributed by atoms with E-state index in [-0.39, 0.29) is 12.1 Å². The van der Waals surface area contributed by atoms with Gasteiger partial charge in [0.05, 0.1) is 0 Å². The molecule has 4 heteroatoms. The topological polar surface area (TPSA) is 64.5 Å². The van der Waals surface area contributed by atoms with Crippen molar-refractivity contribution < 1.29 is 10.2 Å². The molecule has 1 aliphatic rings. The molecule has 0 unspecified atom stereocenters. The molecular formula is C60H50N2O2. The zero-order chi connectivity index (χ0) is 43.0. The molecule has 0 radical (unpaired) electrons. The smallest absolute Gasteiger partial charge is 0.128 e. The molecule has 2 atom stereocenters. The molecule has 0 aromatic heterocycles. The highest BCUT2D eigenvalue weighted by Crippen LogP contribution is 2.48. The zero-order valence-electron chi connectivity index (χ0n) is 35.8. The fourth-order valence-corrected chi connectivity index (χ4v) is 10.5.